The highest BCUT2D eigenvalue weighted by Gasteiger charge is 2.18. The van der Waals surface area contributed by atoms with Crippen molar-refractivity contribution in [3.05, 3.63) is 63.8 Å². The van der Waals surface area contributed by atoms with E-state index in [4.69, 9.17) is 16.0 Å². The number of carbonyl (C=O) groups is 1. The Labute approximate surface area is 150 Å². The zero-order valence-electron chi connectivity index (χ0n) is 11.9. The fourth-order valence-corrected chi connectivity index (χ4v) is 3.61. The van der Waals surface area contributed by atoms with Crippen LogP contribution in [-0.4, -0.2) is 14.3 Å². The first-order chi connectivity index (χ1) is 11.3. The standard InChI is InChI=1S/C15H10BrClN2O4S/c16-10-2-1-3-12(8-10)24(21,22)19-18-15(20)14-7-9-6-11(17)4-5-13(9)23-14/h1-8,19H,(H,18,20). The molecule has 1 aromatic heterocycles. The highest BCUT2D eigenvalue weighted by molar-refractivity contribution is 9.10. The Hall–Kier alpha value is -1.87. The van der Waals surface area contributed by atoms with E-state index in [1.165, 1.54) is 18.2 Å². The average molecular weight is 430 g/mol. The second-order valence-corrected chi connectivity index (χ2v) is 7.84. The molecule has 3 rings (SSSR count). The van der Waals surface area contributed by atoms with Crippen molar-refractivity contribution in [3.8, 4) is 0 Å². The van der Waals surface area contributed by atoms with Crippen molar-refractivity contribution < 1.29 is 17.6 Å². The highest BCUT2D eigenvalue weighted by Crippen LogP contribution is 2.23. The van der Waals surface area contributed by atoms with Gasteiger partial charge in [0.05, 0.1) is 4.90 Å². The molecule has 2 aromatic carbocycles. The first kappa shape index (κ1) is 17.0. The van der Waals surface area contributed by atoms with Crippen molar-refractivity contribution in [2.24, 2.45) is 0 Å². The molecule has 0 spiro atoms. The van der Waals surface area contributed by atoms with Gasteiger partial charge in [0.25, 0.3) is 10.0 Å². The summed E-state index contributed by atoms with van der Waals surface area (Å²) in [7, 11) is -3.90. The number of benzene rings is 2. The van der Waals surface area contributed by atoms with Gasteiger partial charge in [-0.25, -0.2) is 8.42 Å². The van der Waals surface area contributed by atoms with Crippen LogP contribution in [0.4, 0.5) is 0 Å². The maximum atomic E-state index is 12.1. The van der Waals surface area contributed by atoms with E-state index in [0.717, 1.165) is 0 Å². The predicted molar refractivity (Wildman–Crippen MR) is 93.2 cm³/mol. The van der Waals surface area contributed by atoms with Crippen molar-refractivity contribution in [2.75, 3.05) is 0 Å². The normalized spacial score (nSPS) is 11.6. The topological polar surface area (TPSA) is 88.4 Å². The molecule has 0 aliphatic rings. The lowest BCUT2D eigenvalue weighted by Crippen LogP contribution is -2.41. The zero-order valence-corrected chi connectivity index (χ0v) is 15.1. The van der Waals surface area contributed by atoms with Crippen LogP contribution in [0, 0.1) is 0 Å². The van der Waals surface area contributed by atoms with Crippen molar-refractivity contribution in [3.63, 3.8) is 0 Å². The van der Waals surface area contributed by atoms with Gasteiger partial charge in [-0.1, -0.05) is 33.6 Å². The number of sulfonamides is 1. The van der Waals surface area contributed by atoms with Gasteiger partial charge in [0, 0.05) is 14.9 Å². The summed E-state index contributed by atoms with van der Waals surface area (Å²) in [5.41, 5.74) is 2.59. The van der Waals surface area contributed by atoms with Crippen LogP contribution in [0.25, 0.3) is 11.0 Å². The summed E-state index contributed by atoms with van der Waals surface area (Å²) in [6, 6.07) is 12.5. The maximum absolute atomic E-state index is 12.1. The lowest BCUT2D eigenvalue weighted by Gasteiger charge is -2.07. The van der Waals surface area contributed by atoms with Gasteiger partial charge in [-0.3, -0.25) is 10.2 Å². The molecule has 24 heavy (non-hydrogen) atoms. The van der Waals surface area contributed by atoms with Crippen LogP contribution in [-0.2, 0) is 10.0 Å². The van der Waals surface area contributed by atoms with Crippen LogP contribution in [0.2, 0.25) is 5.02 Å². The third-order valence-corrected chi connectivity index (χ3v) is 5.08. The molecule has 1 heterocycles. The van der Waals surface area contributed by atoms with Gasteiger partial charge in [-0.2, -0.15) is 0 Å². The monoisotopic (exact) mass is 428 g/mol. The molecule has 0 aliphatic heterocycles. The van der Waals surface area contributed by atoms with E-state index < -0.39 is 15.9 Å². The number of hydrogen-bond donors (Lipinski definition) is 2. The third kappa shape index (κ3) is 3.62. The summed E-state index contributed by atoms with van der Waals surface area (Å²) in [4.78, 5) is 14.1. The van der Waals surface area contributed by atoms with Crippen molar-refractivity contribution in [1.82, 2.24) is 10.3 Å². The minimum absolute atomic E-state index is 0.00793. The van der Waals surface area contributed by atoms with E-state index in [9.17, 15) is 13.2 Å². The molecule has 3 aromatic rings. The molecule has 2 N–H and O–H groups in total. The van der Waals surface area contributed by atoms with Gasteiger partial charge in [0.1, 0.15) is 5.58 Å². The molecule has 0 unspecified atom stereocenters. The minimum Gasteiger partial charge on any atom is -0.451 e. The number of amides is 1. The molecular formula is C15H10BrClN2O4S. The number of hydrogen-bond acceptors (Lipinski definition) is 4. The number of hydrazine groups is 1. The van der Waals surface area contributed by atoms with Crippen LogP contribution in [0.1, 0.15) is 10.6 Å². The van der Waals surface area contributed by atoms with E-state index >= 15 is 0 Å². The Bertz CT molecular complexity index is 1030. The summed E-state index contributed by atoms with van der Waals surface area (Å²) >= 11 is 9.06. The molecule has 0 aliphatic carbocycles. The Morgan fingerprint density at radius 1 is 1.12 bits per heavy atom. The lowest BCUT2D eigenvalue weighted by molar-refractivity contribution is 0.0919. The molecule has 0 saturated carbocycles. The third-order valence-electron chi connectivity index (χ3n) is 3.11. The van der Waals surface area contributed by atoms with Crippen LogP contribution in [0.15, 0.2) is 62.3 Å². The second kappa shape index (κ2) is 6.56. The van der Waals surface area contributed by atoms with Crippen molar-refractivity contribution in [1.29, 1.82) is 0 Å². The fraction of sp³-hybridized carbons (Fsp3) is 0. The Morgan fingerprint density at radius 3 is 2.67 bits per heavy atom. The molecule has 0 radical (unpaired) electrons. The number of nitrogens with one attached hydrogen (secondary N) is 2. The smallest absolute Gasteiger partial charge is 0.301 e. The van der Waals surface area contributed by atoms with E-state index in [2.05, 4.69) is 21.4 Å². The van der Waals surface area contributed by atoms with Gasteiger partial charge in [-0.05, 0) is 42.5 Å². The van der Waals surface area contributed by atoms with Crippen LogP contribution >= 0.6 is 27.5 Å². The molecule has 0 bridgehead atoms. The number of furan rings is 1. The van der Waals surface area contributed by atoms with E-state index in [1.807, 2.05) is 4.83 Å². The summed E-state index contributed by atoms with van der Waals surface area (Å²) in [6.07, 6.45) is 0. The molecule has 6 nitrogen and oxygen atoms in total. The van der Waals surface area contributed by atoms with Gasteiger partial charge in [0.15, 0.2) is 5.76 Å². The largest absolute Gasteiger partial charge is 0.451 e. The Morgan fingerprint density at radius 2 is 1.92 bits per heavy atom. The zero-order chi connectivity index (χ0) is 17.3. The molecular weight excluding hydrogens is 420 g/mol. The van der Waals surface area contributed by atoms with Gasteiger partial charge in [-0.15, -0.1) is 4.83 Å². The SMILES string of the molecule is O=C(NNS(=O)(=O)c1cccc(Br)c1)c1cc2cc(Cl)ccc2o1. The molecule has 0 fully saturated rings. The van der Waals surface area contributed by atoms with Gasteiger partial charge in [0.2, 0.25) is 0 Å². The number of fused-ring (bicyclic) bond motifs is 1. The Kier molecular flexibility index (Phi) is 4.64. The summed E-state index contributed by atoms with van der Waals surface area (Å²) in [5, 5.41) is 1.15. The summed E-state index contributed by atoms with van der Waals surface area (Å²) < 4.78 is 30.2. The van der Waals surface area contributed by atoms with E-state index in [0.29, 0.717) is 20.5 Å². The lowest BCUT2D eigenvalue weighted by atomic mass is 10.2. The Balaban J connectivity index is 1.76. The summed E-state index contributed by atoms with van der Waals surface area (Å²) in [6.45, 7) is 0. The first-order valence-electron chi connectivity index (χ1n) is 6.62. The number of halogens is 2. The maximum Gasteiger partial charge on any atom is 0.301 e. The molecule has 9 heteroatoms. The van der Waals surface area contributed by atoms with Crippen LogP contribution < -0.4 is 10.3 Å². The minimum atomic E-state index is -3.90. The predicted octanol–water partition coefficient (Wildman–Crippen LogP) is 3.47. The quantitative estimate of drug-likeness (QED) is 0.622. The number of rotatable bonds is 4. The van der Waals surface area contributed by atoms with E-state index in [-0.39, 0.29) is 10.7 Å². The molecule has 1 amide bonds. The van der Waals surface area contributed by atoms with Gasteiger partial charge >= 0.3 is 5.91 Å². The molecule has 0 atom stereocenters. The second-order valence-electron chi connectivity index (χ2n) is 4.81. The van der Waals surface area contributed by atoms with Gasteiger partial charge < -0.3 is 4.42 Å². The van der Waals surface area contributed by atoms with E-state index in [1.54, 1.807) is 30.3 Å². The van der Waals surface area contributed by atoms with Crippen molar-refractivity contribution in [2.45, 2.75) is 4.90 Å². The average Bonchev–Trinajstić information content (AvgIpc) is 2.96. The fourth-order valence-electron chi connectivity index (χ4n) is 1.99. The van der Waals surface area contributed by atoms with Crippen LogP contribution in [0.5, 0.6) is 0 Å². The van der Waals surface area contributed by atoms with Crippen molar-refractivity contribution >= 4 is 54.4 Å². The molecule has 0 saturated heterocycles. The number of carbonyl (C=O) groups excluding carboxylic acids is 1. The first-order valence-corrected chi connectivity index (χ1v) is 9.27. The summed E-state index contributed by atoms with van der Waals surface area (Å²) in [5.74, 6) is -0.759. The highest BCUT2D eigenvalue weighted by atomic mass is 79.9. The van der Waals surface area contributed by atoms with Crippen LogP contribution in [0.3, 0.4) is 0 Å². The molecule has 124 valence electrons.